The van der Waals surface area contributed by atoms with Crippen LogP contribution < -0.4 is 0 Å². The Labute approximate surface area is 130 Å². The first-order valence-electron chi connectivity index (χ1n) is 6.01. The first-order valence-corrected chi connectivity index (χ1v) is 9.04. The van der Waals surface area contributed by atoms with Crippen LogP contribution in [0.1, 0.15) is 12.8 Å². The highest BCUT2D eigenvalue weighted by Gasteiger charge is 2.30. The van der Waals surface area contributed by atoms with E-state index >= 15 is 0 Å². The van der Waals surface area contributed by atoms with Crippen molar-refractivity contribution in [2.75, 3.05) is 19.7 Å². The Kier molecular flexibility index (Phi) is 5.05. The second kappa shape index (κ2) is 6.22. The van der Waals surface area contributed by atoms with Crippen LogP contribution in [0.4, 0.5) is 0 Å². The van der Waals surface area contributed by atoms with E-state index in [-0.39, 0.29) is 17.4 Å². The standard InChI is InChI=1S/C12H15Br2NO3S/c13-10-1-2-12(11(14)7-10)19(17,18)15-5-3-9(8-16)4-6-15/h1-2,7,9,16H,3-6,8H2. The molecule has 7 heteroatoms. The number of halogens is 2. The van der Waals surface area contributed by atoms with Crippen molar-refractivity contribution >= 4 is 41.9 Å². The molecule has 106 valence electrons. The maximum Gasteiger partial charge on any atom is 0.244 e. The molecule has 2 rings (SSSR count). The van der Waals surface area contributed by atoms with Crippen molar-refractivity contribution in [3.8, 4) is 0 Å². The average molecular weight is 413 g/mol. The molecule has 1 fully saturated rings. The zero-order valence-corrected chi connectivity index (χ0v) is 14.2. The Balaban J connectivity index is 2.23. The van der Waals surface area contributed by atoms with Crippen LogP contribution in [-0.4, -0.2) is 37.5 Å². The van der Waals surface area contributed by atoms with Crippen LogP contribution in [0.2, 0.25) is 0 Å². The van der Waals surface area contributed by atoms with Gasteiger partial charge in [-0.05, 0) is 52.9 Å². The summed E-state index contributed by atoms with van der Waals surface area (Å²) in [4.78, 5) is 0.290. The van der Waals surface area contributed by atoms with E-state index in [1.165, 1.54) is 4.31 Å². The summed E-state index contributed by atoms with van der Waals surface area (Å²) in [5.41, 5.74) is 0. The molecule has 1 aromatic carbocycles. The van der Waals surface area contributed by atoms with Crippen molar-refractivity contribution < 1.29 is 13.5 Å². The lowest BCUT2D eigenvalue weighted by atomic mass is 10.00. The highest BCUT2D eigenvalue weighted by Crippen LogP contribution is 2.30. The van der Waals surface area contributed by atoms with Crippen LogP contribution >= 0.6 is 31.9 Å². The molecule has 19 heavy (non-hydrogen) atoms. The van der Waals surface area contributed by atoms with Gasteiger partial charge in [-0.3, -0.25) is 0 Å². The highest BCUT2D eigenvalue weighted by molar-refractivity contribution is 9.11. The first-order chi connectivity index (χ1) is 8.95. The highest BCUT2D eigenvalue weighted by atomic mass is 79.9. The fourth-order valence-corrected chi connectivity index (χ4v) is 5.33. The maximum absolute atomic E-state index is 12.5. The Morgan fingerprint density at radius 3 is 2.42 bits per heavy atom. The summed E-state index contributed by atoms with van der Waals surface area (Å²) >= 11 is 6.61. The largest absolute Gasteiger partial charge is 0.396 e. The third-order valence-electron chi connectivity index (χ3n) is 3.34. The molecule has 0 radical (unpaired) electrons. The van der Waals surface area contributed by atoms with Crippen molar-refractivity contribution in [2.24, 2.45) is 5.92 Å². The Morgan fingerprint density at radius 1 is 1.26 bits per heavy atom. The van der Waals surface area contributed by atoms with Gasteiger partial charge in [0.05, 0.1) is 4.90 Å². The molecule has 4 nitrogen and oxygen atoms in total. The molecule has 0 saturated carbocycles. The van der Waals surface area contributed by atoms with Gasteiger partial charge in [-0.15, -0.1) is 0 Å². The monoisotopic (exact) mass is 411 g/mol. The van der Waals surface area contributed by atoms with E-state index in [0.29, 0.717) is 30.4 Å². The van der Waals surface area contributed by atoms with Crippen molar-refractivity contribution in [1.29, 1.82) is 0 Å². The number of nitrogens with zero attached hydrogens (tertiary/aromatic N) is 1. The lowest BCUT2D eigenvalue weighted by Gasteiger charge is -2.30. The normalized spacial score (nSPS) is 18.7. The van der Waals surface area contributed by atoms with E-state index in [2.05, 4.69) is 31.9 Å². The van der Waals surface area contributed by atoms with Crippen LogP contribution in [0.3, 0.4) is 0 Å². The minimum Gasteiger partial charge on any atom is -0.396 e. The van der Waals surface area contributed by atoms with Gasteiger partial charge in [0.1, 0.15) is 0 Å². The molecule has 0 amide bonds. The summed E-state index contributed by atoms with van der Waals surface area (Å²) in [5.74, 6) is 0.222. The minimum atomic E-state index is -3.46. The SMILES string of the molecule is O=S(=O)(c1ccc(Br)cc1Br)N1CCC(CO)CC1. The van der Waals surface area contributed by atoms with Gasteiger partial charge in [0.25, 0.3) is 0 Å². The number of hydrogen-bond acceptors (Lipinski definition) is 3. The van der Waals surface area contributed by atoms with E-state index < -0.39 is 10.0 Å². The zero-order valence-electron chi connectivity index (χ0n) is 10.2. The van der Waals surface area contributed by atoms with Gasteiger partial charge in [-0.25, -0.2) is 8.42 Å². The van der Waals surface area contributed by atoms with Gasteiger partial charge in [0.15, 0.2) is 0 Å². The quantitative estimate of drug-likeness (QED) is 0.829. The fourth-order valence-electron chi connectivity index (χ4n) is 2.16. The van der Waals surface area contributed by atoms with Crippen LogP contribution in [-0.2, 0) is 10.0 Å². The molecule has 0 spiro atoms. The van der Waals surface area contributed by atoms with Crippen molar-refractivity contribution in [1.82, 2.24) is 4.31 Å². The predicted molar refractivity (Wildman–Crippen MR) is 80.4 cm³/mol. The number of benzene rings is 1. The van der Waals surface area contributed by atoms with Crippen LogP contribution in [0, 0.1) is 5.92 Å². The van der Waals surface area contributed by atoms with Gasteiger partial charge in [-0.2, -0.15) is 4.31 Å². The summed E-state index contributed by atoms with van der Waals surface area (Å²) in [6, 6.07) is 5.05. The van der Waals surface area contributed by atoms with E-state index in [1.54, 1.807) is 18.2 Å². The average Bonchev–Trinajstić information content (AvgIpc) is 2.38. The molecule has 1 aliphatic heterocycles. The number of aliphatic hydroxyl groups excluding tert-OH is 1. The molecule has 1 N–H and O–H groups in total. The molecular weight excluding hydrogens is 398 g/mol. The number of hydrogen-bond donors (Lipinski definition) is 1. The summed E-state index contributed by atoms with van der Waals surface area (Å²) < 4.78 is 28.0. The van der Waals surface area contributed by atoms with E-state index in [4.69, 9.17) is 5.11 Å². The summed E-state index contributed by atoms with van der Waals surface area (Å²) in [6.07, 6.45) is 1.42. The number of piperidine rings is 1. The second-order valence-electron chi connectivity index (χ2n) is 4.60. The lowest BCUT2D eigenvalue weighted by Crippen LogP contribution is -2.39. The van der Waals surface area contributed by atoms with Crippen LogP contribution in [0.5, 0.6) is 0 Å². The Hall–Kier alpha value is 0.0500. The van der Waals surface area contributed by atoms with Gasteiger partial charge >= 0.3 is 0 Å². The summed E-state index contributed by atoms with van der Waals surface area (Å²) in [7, 11) is -3.46. The molecule has 1 heterocycles. The topological polar surface area (TPSA) is 57.6 Å². The number of sulfonamides is 1. The third kappa shape index (κ3) is 3.39. The molecule has 0 aliphatic carbocycles. The summed E-state index contributed by atoms with van der Waals surface area (Å²) in [5, 5.41) is 9.09. The van der Waals surface area contributed by atoms with Crippen molar-refractivity contribution in [3.63, 3.8) is 0 Å². The molecule has 0 unspecified atom stereocenters. The van der Waals surface area contributed by atoms with Gasteiger partial charge in [-0.1, -0.05) is 15.9 Å². The fraction of sp³-hybridized carbons (Fsp3) is 0.500. The van der Waals surface area contributed by atoms with Gasteiger partial charge in [0, 0.05) is 28.6 Å². The second-order valence-corrected chi connectivity index (χ2v) is 8.28. The van der Waals surface area contributed by atoms with Gasteiger partial charge in [0.2, 0.25) is 10.0 Å². The van der Waals surface area contributed by atoms with Crippen molar-refractivity contribution in [3.05, 3.63) is 27.1 Å². The predicted octanol–water partition coefficient (Wildman–Crippen LogP) is 2.60. The first kappa shape index (κ1) is 15.4. The lowest BCUT2D eigenvalue weighted by molar-refractivity contribution is 0.170. The molecule has 0 aromatic heterocycles. The third-order valence-corrected chi connectivity index (χ3v) is 6.71. The van der Waals surface area contributed by atoms with Gasteiger partial charge < -0.3 is 5.11 Å². The van der Waals surface area contributed by atoms with Crippen molar-refractivity contribution in [2.45, 2.75) is 17.7 Å². The summed E-state index contributed by atoms with van der Waals surface area (Å²) in [6.45, 7) is 1.07. The maximum atomic E-state index is 12.5. The molecular formula is C12H15Br2NO3S. The Bertz CT molecular complexity index is 554. The molecule has 1 aromatic rings. The smallest absolute Gasteiger partial charge is 0.244 e. The van der Waals surface area contributed by atoms with Crippen LogP contribution in [0.25, 0.3) is 0 Å². The number of rotatable bonds is 3. The van der Waals surface area contributed by atoms with E-state index in [1.807, 2.05) is 0 Å². The zero-order chi connectivity index (χ0) is 14.0. The van der Waals surface area contributed by atoms with E-state index in [0.717, 1.165) is 4.47 Å². The van der Waals surface area contributed by atoms with E-state index in [9.17, 15) is 8.42 Å². The molecule has 1 saturated heterocycles. The van der Waals surface area contributed by atoms with Crippen LogP contribution in [0.15, 0.2) is 32.0 Å². The molecule has 0 bridgehead atoms. The molecule has 0 atom stereocenters. The minimum absolute atomic E-state index is 0.135. The number of aliphatic hydroxyl groups is 1. The Morgan fingerprint density at radius 2 is 1.89 bits per heavy atom. The molecule has 1 aliphatic rings.